The van der Waals surface area contributed by atoms with Crippen molar-refractivity contribution in [1.82, 2.24) is 16.0 Å². The van der Waals surface area contributed by atoms with Crippen molar-refractivity contribution in [2.24, 2.45) is 5.92 Å². The summed E-state index contributed by atoms with van der Waals surface area (Å²) in [7, 11) is 0. The highest BCUT2D eigenvalue weighted by molar-refractivity contribution is 6.31. The van der Waals surface area contributed by atoms with Gasteiger partial charge in [-0.2, -0.15) is 13.2 Å². The van der Waals surface area contributed by atoms with Gasteiger partial charge in [0.05, 0.1) is 17.7 Å². The monoisotopic (exact) mass is 751 g/mol. The molecule has 3 amide bonds. The zero-order chi connectivity index (χ0) is 38.7. The summed E-state index contributed by atoms with van der Waals surface area (Å²) in [6.07, 6.45) is -5.28. The highest BCUT2D eigenvalue weighted by atomic mass is 35.5. The number of para-hydroxylation sites is 1. The molecule has 282 valence electrons. The van der Waals surface area contributed by atoms with Crippen molar-refractivity contribution >= 4 is 29.3 Å². The average Bonchev–Trinajstić information content (AvgIpc) is 3.10. The number of carbonyl (C=O) groups excluding carboxylic acids is 3. The van der Waals surface area contributed by atoms with Crippen molar-refractivity contribution < 1.29 is 37.4 Å². The van der Waals surface area contributed by atoms with Gasteiger partial charge in [0, 0.05) is 16.6 Å². The summed E-state index contributed by atoms with van der Waals surface area (Å²) in [4.78, 5) is 40.3. The first-order valence-electron chi connectivity index (χ1n) is 17.3. The minimum Gasteiger partial charge on any atom is -0.483 e. The SMILES string of the molecule is Cc1cccc(C)c1OCC(=O)N[C@@H](Cc1ccccc1)[C@@H](O)C[C@H](Cc1ccccc1)NC(=O)[C@@H](NC(=O)c1cc(Cl)cc(C(F)(F)F)c1)C(C)C. The van der Waals surface area contributed by atoms with E-state index in [-0.39, 0.29) is 30.0 Å². The van der Waals surface area contributed by atoms with Gasteiger partial charge in [-0.25, -0.2) is 0 Å². The fourth-order valence-corrected chi connectivity index (χ4v) is 6.28. The van der Waals surface area contributed by atoms with Crippen molar-refractivity contribution in [1.29, 1.82) is 0 Å². The highest BCUT2D eigenvalue weighted by Gasteiger charge is 2.33. The van der Waals surface area contributed by atoms with Crippen LogP contribution in [-0.2, 0) is 28.6 Å². The Kier molecular flexibility index (Phi) is 14.5. The van der Waals surface area contributed by atoms with E-state index in [2.05, 4.69) is 16.0 Å². The van der Waals surface area contributed by atoms with Crippen LogP contribution in [0.1, 0.15) is 58.4 Å². The Hall–Kier alpha value is -4.87. The molecular weight excluding hydrogens is 707 g/mol. The molecule has 0 aliphatic carbocycles. The molecule has 4 aromatic rings. The van der Waals surface area contributed by atoms with E-state index in [9.17, 15) is 32.7 Å². The lowest BCUT2D eigenvalue weighted by Gasteiger charge is -2.30. The molecule has 0 aromatic heterocycles. The number of aliphatic hydroxyl groups is 1. The van der Waals surface area contributed by atoms with Gasteiger partial charge in [0.1, 0.15) is 11.8 Å². The normalized spacial score (nSPS) is 13.8. The number of aliphatic hydroxyl groups excluding tert-OH is 1. The summed E-state index contributed by atoms with van der Waals surface area (Å²) in [6.45, 7) is 6.88. The van der Waals surface area contributed by atoms with E-state index in [1.165, 1.54) is 0 Å². The van der Waals surface area contributed by atoms with Gasteiger partial charge in [0.25, 0.3) is 11.8 Å². The smallest absolute Gasteiger partial charge is 0.416 e. The molecule has 0 saturated heterocycles. The van der Waals surface area contributed by atoms with E-state index in [0.717, 1.165) is 34.4 Å². The molecule has 12 heteroatoms. The third-order valence-corrected chi connectivity index (χ3v) is 9.00. The van der Waals surface area contributed by atoms with E-state index in [4.69, 9.17) is 16.3 Å². The van der Waals surface area contributed by atoms with Crippen LogP contribution in [0.2, 0.25) is 5.02 Å². The lowest BCUT2D eigenvalue weighted by atomic mass is 9.93. The second kappa shape index (κ2) is 18.8. The number of alkyl halides is 3. The topological polar surface area (TPSA) is 117 Å². The molecule has 0 aliphatic rings. The Labute approximate surface area is 313 Å². The number of rotatable bonds is 16. The molecule has 4 atom stereocenters. The summed E-state index contributed by atoms with van der Waals surface area (Å²) < 4.78 is 46.2. The second-order valence-electron chi connectivity index (χ2n) is 13.5. The van der Waals surface area contributed by atoms with Crippen LogP contribution in [0.4, 0.5) is 13.2 Å². The van der Waals surface area contributed by atoms with Crippen molar-refractivity contribution in [2.45, 2.75) is 77.4 Å². The van der Waals surface area contributed by atoms with Crippen molar-refractivity contribution in [2.75, 3.05) is 6.61 Å². The fraction of sp³-hybridized carbons (Fsp3) is 0.341. The van der Waals surface area contributed by atoms with Crippen molar-refractivity contribution in [3.8, 4) is 5.75 Å². The van der Waals surface area contributed by atoms with Crippen molar-refractivity contribution in [3.63, 3.8) is 0 Å². The van der Waals surface area contributed by atoms with Crippen LogP contribution in [0.25, 0.3) is 0 Å². The number of nitrogens with one attached hydrogen (secondary N) is 3. The maximum Gasteiger partial charge on any atom is 0.416 e. The van der Waals surface area contributed by atoms with Gasteiger partial charge in [-0.05, 0) is 79.5 Å². The molecule has 0 radical (unpaired) electrons. The molecule has 8 nitrogen and oxygen atoms in total. The van der Waals surface area contributed by atoms with Gasteiger partial charge in [-0.1, -0.05) is 104 Å². The summed E-state index contributed by atoms with van der Waals surface area (Å²) in [5.74, 6) is -1.79. The molecule has 0 spiro atoms. The standard InChI is InChI=1S/C41H45ClF3N3O5/c1-25(2)37(48-39(51)30-20-31(41(43,44)45)22-32(42)21-30)40(52)46-33(18-28-14-7-5-8-15-28)23-35(49)34(19-29-16-9-6-10-17-29)47-36(50)24-53-38-26(3)12-11-13-27(38)4/h5-17,20-22,25,33-35,37,49H,18-19,23-24H2,1-4H3,(H,46,52)(H,47,50)(H,48,51)/t33-,34-,35-,37-/m0/s1. The van der Waals surface area contributed by atoms with Gasteiger partial charge >= 0.3 is 6.18 Å². The second-order valence-corrected chi connectivity index (χ2v) is 13.9. The molecule has 0 saturated carbocycles. The minimum atomic E-state index is -4.73. The molecule has 4 rings (SSSR count). The van der Waals surface area contributed by atoms with Gasteiger partial charge in [-0.3, -0.25) is 14.4 Å². The van der Waals surface area contributed by atoms with Crippen LogP contribution in [0, 0.1) is 19.8 Å². The maximum absolute atomic E-state index is 13.8. The molecule has 0 bridgehead atoms. The highest BCUT2D eigenvalue weighted by Crippen LogP contribution is 2.32. The van der Waals surface area contributed by atoms with Crippen LogP contribution < -0.4 is 20.7 Å². The number of hydrogen-bond donors (Lipinski definition) is 4. The molecule has 0 aliphatic heterocycles. The lowest BCUT2D eigenvalue weighted by molar-refractivity contribution is -0.137. The summed E-state index contributed by atoms with van der Waals surface area (Å²) in [6, 6.07) is 24.2. The number of amides is 3. The van der Waals surface area contributed by atoms with Crippen LogP contribution in [0.15, 0.2) is 97.1 Å². The Morgan fingerprint density at radius 2 is 1.38 bits per heavy atom. The number of benzene rings is 4. The number of carbonyl (C=O) groups is 3. The van der Waals surface area contributed by atoms with E-state index >= 15 is 0 Å². The van der Waals surface area contributed by atoms with Gasteiger partial charge in [0.15, 0.2) is 6.61 Å². The summed E-state index contributed by atoms with van der Waals surface area (Å²) in [5.41, 5.74) is 2.06. The van der Waals surface area contributed by atoms with E-state index in [1.807, 2.05) is 92.7 Å². The van der Waals surface area contributed by atoms with Crippen LogP contribution in [-0.4, -0.2) is 53.7 Å². The fourth-order valence-electron chi connectivity index (χ4n) is 6.05. The first-order valence-corrected chi connectivity index (χ1v) is 17.7. The van der Waals surface area contributed by atoms with Crippen LogP contribution >= 0.6 is 11.6 Å². The van der Waals surface area contributed by atoms with Crippen LogP contribution in [0.5, 0.6) is 5.75 Å². The largest absolute Gasteiger partial charge is 0.483 e. The van der Waals surface area contributed by atoms with Crippen LogP contribution in [0.3, 0.4) is 0 Å². The molecular formula is C41H45ClF3N3O5. The van der Waals surface area contributed by atoms with E-state index < -0.39 is 59.6 Å². The third-order valence-electron chi connectivity index (χ3n) is 8.79. The molecule has 0 heterocycles. The Balaban J connectivity index is 1.54. The quantitative estimate of drug-likeness (QED) is 0.0983. The van der Waals surface area contributed by atoms with Gasteiger partial charge in [-0.15, -0.1) is 0 Å². The number of aryl methyl sites for hydroxylation is 2. The predicted octanol–water partition coefficient (Wildman–Crippen LogP) is 7.02. The number of halogens is 4. The number of hydrogen-bond acceptors (Lipinski definition) is 5. The average molecular weight is 752 g/mol. The Morgan fingerprint density at radius 3 is 1.94 bits per heavy atom. The van der Waals surface area contributed by atoms with Gasteiger partial charge < -0.3 is 25.8 Å². The van der Waals surface area contributed by atoms with Crippen molar-refractivity contribution in [3.05, 3.63) is 135 Å². The molecule has 4 N–H and O–H groups in total. The lowest BCUT2D eigenvalue weighted by Crippen LogP contribution is -2.54. The minimum absolute atomic E-state index is 0.0121. The Morgan fingerprint density at radius 1 is 0.792 bits per heavy atom. The first kappa shape index (κ1) is 40.9. The predicted molar refractivity (Wildman–Crippen MR) is 199 cm³/mol. The first-order chi connectivity index (χ1) is 25.1. The molecule has 0 unspecified atom stereocenters. The molecule has 0 fully saturated rings. The number of ether oxygens (including phenoxy) is 1. The van der Waals surface area contributed by atoms with E-state index in [1.54, 1.807) is 13.8 Å². The molecule has 4 aromatic carbocycles. The van der Waals surface area contributed by atoms with E-state index in [0.29, 0.717) is 18.2 Å². The summed E-state index contributed by atoms with van der Waals surface area (Å²) in [5, 5.41) is 19.9. The Bertz CT molecular complexity index is 1820. The third kappa shape index (κ3) is 12.4. The molecule has 53 heavy (non-hydrogen) atoms. The maximum atomic E-state index is 13.8. The van der Waals surface area contributed by atoms with Gasteiger partial charge in [0.2, 0.25) is 5.91 Å². The zero-order valence-electron chi connectivity index (χ0n) is 30.0. The summed E-state index contributed by atoms with van der Waals surface area (Å²) >= 11 is 5.91. The zero-order valence-corrected chi connectivity index (χ0v) is 30.8.